The van der Waals surface area contributed by atoms with Crippen molar-refractivity contribution in [1.82, 2.24) is 10.1 Å². The van der Waals surface area contributed by atoms with E-state index in [4.69, 9.17) is 21.9 Å². The molecule has 3 rings (SSSR count). The van der Waals surface area contributed by atoms with Crippen molar-refractivity contribution in [2.75, 3.05) is 0 Å². The molecule has 112 valence electrons. The van der Waals surface area contributed by atoms with E-state index in [-0.39, 0.29) is 11.1 Å². The molecular formula is C15H17ClFN3O. The van der Waals surface area contributed by atoms with Gasteiger partial charge in [0.1, 0.15) is 5.82 Å². The second kappa shape index (κ2) is 6.12. The predicted octanol–water partition coefficient (Wildman–Crippen LogP) is 4.11. The zero-order valence-corrected chi connectivity index (χ0v) is 12.3. The third-order valence-electron chi connectivity index (χ3n) is 4.06. The summed E-state index contributed by atoms with van der Waals surface area (Å²) in [5, 5.41) is 3.96. The van der Waals surface area contributed by atoms with E-state index in [0.717, 1.165) is 12.8 Å². The van der Waals surface area contributed by atoms with Gasteiger partial charge in [0.25, 0.3) is 0 Å². The fourth-order valence-corrected chi connectivity index (χ4v) is 3.00. The highest BCUT2D eigenvalue weighted by atomic mass is 35.5. The molecule has 1 unspecified atom stereocenters. The number of rotatable bonds is 3. The molecule has 1 aliphatic rings. The SMILES string of the molecule is NC(c1nc(-c2ccc(F)c(Cl)c2)no1)C1CCCCC1. The van der Waals surface area contributed by atoms with E-state index in [1.165, 1.54) is 31.4 Å². The summed E-state index contributed by atoms with van der Waals surface area (Å²) in [6.07, 6.45) is 5.87. The lowest BCUT2D eigenvalue weighted by Gasteiger charge is -2.24. The number of benzene rings is 1. The van der Waals surface area contributed by atoms with E-state index in [9.17, 15) is 4.39 Å². The summed E-state index contributed by atoms with van der Waals surface area (Å²) in [5.41, 5.74) is 6.85. The molecule has 1 heterocycles. The number of nitrogens with zero attached hydrogens (tertiary/aromatic N) is 2. The summed E-state index contributed by atoms with van der Waals surface area (Å²) < 4.78 is 18.5. The van der Waals surface area contributed by atoms with Gasteiger partial charge < -0.3 is 10.3 Å². The maximum atomic E-state index is 13.2. The van der Waals surface area contributed by atoms with Gasteiger partial charge in [0.05, 0.1) is 11.1 Å². The fraction of sp³-hybridized carbons (Fsp3) is 0.467. The molecule has 2 N–H and O–H groups in total. The molecule has 1 saturated carbocycles. The Bertz CT molecular complexity index is 625. The second-order valence-electron chi connectivity index (χ2n) is 5.51. The number of hydrogen-bond donors (Lipinski definition) is 1. The van der Waals surface area contributed by atoms with Crippen LogP contribution in [0.25, 0.3) is 11.4 Å². The molecule has 0 aliphatic heterocycles. The van der Waals surface area contributed by atoms with Crippen molar-refractivity contribution in [2.45, 2.75) is 38.1 Å². The molecule has 2 aromatic rings. The van der Waals surface area contributed by atoms with Crippen LogP contribution in [0.3, 0.4) is 0 Å². The van der Waals surface area contributed by atoms with Gasteiger partial charge in [0.15, 0.2) is 0 Å². The second-order valence-corrected chi connectivity index (χ2v) is 5.92. The number of hydrogen-bond acceptors (Lipinski definition) is 4. The van der Waals surface area contributed by atoms with Crippen molar-refractivity contribution in [3.05, 3.63) is 34.9 Å². The van der Waals surface area contributed by atoms with E-state index >= 15 is 0 Å². The van der Waals surface area contributed by atoms with Crippen LogP contribution in [-0.4, -0.2) is 10.1 Å². The zero-order valence-electron chi connectivity index (χ0n) is 11.6. The summed E-state index contributed by atoms with van der Waals surface area (Å²) in [6, 6.07) is 4.11. The highest BCUT2D eigenvalue weighted by Gasteiger charge is 2.26. The van der Waals surface area contributed by atoms with Gasteiger partial charge in [0, 0.05) is 5.56 Å². The van der Waals surface area contributed by atoms with Gasteiger partial charge in [-0.25, -0.2) is 4.39 Å². The average molecular weight is 310 g/mol. The molecule has 1 fully saturated rings. The Labute approximate surface area is 127 Å². The molecule has 1 aromatic heterocycles. The van der Waals surface area contributed by atoms with E-state index < -0.39 is 5.82 Å². The summed E-state index contributed by atoms with van der Waals surface area (Å²) in [5.74, 6) is 0.752. The fourth-order valence-electron chi connectivity index (χ4n) is 2.82. The van der Waals surface area contributed by atoms with E-state index in [2.05, 4.69) is 10.1 Å². The highest BCUT2D eigenvalue weighted by molar-refractivity contribution is 6.31. The van der Waals surface area contributed by atoms with E-state index in [0.29, 0.717) is 23.2 Å². The predicted molar refractivity (Wildman–Crippen MR) is 78.2 cm³/mol. The molecule has 1 aliphatic carbocycles. The quantitative estimate of drug-likeness (QED) is 0.926. The minimum atomic E-state index is -0.469. The summed E-state index contributed by atoms with van der Waals surface area (Å²) in [4.78, 5) is 4.34. The van der Waals surface area contributed by atoms with Crippen LogP contribution in [0.2, 0.25) is 5.02 Å². The Balaban J connectivity index is 1.80. The maximum absolute atomic E-state index is 13.2. The van der Waals surface area contributed by atoms with Crippen LogP contribution in [0, 0.1) is 11.7 Å². The molecule has 0 bridgehead atoms. The topological polar surface area (TPSA) is 64.9 Å². The molecule has 21 heavy (non-hydrogen) atoms. The third-order valence-corrected chi connectivity index (χ3v) is 4.35. The molecule has 0 saturated heterocycles. The number of halogens is 2. The van der Waals surface area contributed by atoms with Gasteiger partial charge in [-0.15, -0.1) is 0 Å². The molecule has 1 atom stereocenters. The number of aromatic nitrogens is 2. The van der Waals surface area contributed by atoms with E-state index in [1.54, 1.807) is 6.07 Å². The standard InChI is InChI=1S/C15H17ClFN3O/c16-11-8-10(6-7-12(11)17)14-19-15(21-20-14)13(18)9-4-2-1-3-5-9/h6-9,13H,1-5,18H2. The normalized spacial score (nSPS) is 17.9. The Morgan fingerprint density at radius 3 is 2.76 bits per heavy atom. The highest BCUT2D eigenvalue weighted by Crippen LogP contribution is 2.33. The van der Waals surface area contributed by atoms with Gasteiger partial charge in [-0.05, 0) is 37.0 Å². The van der Waals surface area contributed by atoms with Gasteiger partial charge in [0.2, 0.25) is 11.7 Å². The van der Waals surface area contributed by atoms with Gasteiger partial charge in [-0.2, -0.15) is 4.98 Å². The molecule has 6 heteroatoms. The first-order valence-corrected chi connectivity index (χ1v) is 7.57. The maximum Gasteiger partial charge on any atom is 0.244 e. The van der Waals surface area contributed by atoms with E-state index in [1.807, 2.05) is 0 Å². The van der Waals surface area contributed by atoms with Gasteiger partial charge in [-0.3, -0.25) is 0 Å². The van der Waals surface area contributed by atoms with Gasteiger partial charge in [-0.1, -0.05) is 36.0 Å². The van der Waals surface area contributed by atoms with Crippen molar-refractivity contribution in [1.29, 1.82) is 0 Å². The third kappa shape index (κ3) is 3.09. The largest absolute Gasteiger partial charge is 0.337 e. The summed E-state index contributed by atoms with van der Waals surface area (Å²) in [7, 11) is 0. The van der Waals surface area contributed by atoms with Crippen molar-refractivity contribution >= 4 is 11.6 Å². The lowest BCUT2D eigenvalue weighted by atomic mass is 9.84. The number of nitrogens with two attached hydrogens (primary N) is 1. The van der Waals surface area contributed by atoms with Crippen molar-refractivity contribution < 1.29 is 8.91 Å². The summed E-state index contributed by atoms with van der Waals surface area (Å²) in [6.45, 7) is 0. The van der Waals surface area contributed by atoms with Crippen LogP contribution in [0.4, 0.5) is 4.39 Å². The minimum Gasteiger partial charge on any atom is -0.337 e. The smallest absolute Gasteiger partial charge is 0.244 e. The Morgan fingerprint density at radius 1 is 1.29 bits per heavy atom. The molecule has 1 aromatic carbocycles. The molecule has 4 nitrogen and oxygen atoms in total. The molecule has 0 radical (unpaired) electrons. The Hall–Kier alpha value is -1.46. The van der Waals surface area contributed by atoms with Gasteiger partial charge >= 0.3 is 0 Å². The zero-order chi connectivity index (χ0) is 14.8. The lowest BCUT2D eigenvalue weighted by Crippen LogP contribution is -2.23. The van der Waals surface area contributed by atoms with Crippen LogP contribution in [-0.2, 0) is 0 Å². The first-order valence-electron chi connectivity index (χ1n) is 7.20. The first-order chi connectivity index (χ1) is 10.1. The molecule has 0 amide bonds. The van der Waals surface area contributed by atoms with Crippen molar-refractivity contribution in [2.24, 2.45) is 11.7 Å². The Kier molecular flexibility index (Phi) is 4.22. The molecule has 0 spiro atoms. The minimum absolute atomic E-state index is 0.0374. The van der Waals surface area contributed by atoms with Crippen LogP contribution in [0.15, 0.2) is 22.7 Å². The van der Waals surface area contributed by atoms with Crippen molar-refractivity contribution in [3.63, 3.8) is 0 Å². The van der Waals surface area contributed by atoms with Crippen LogP contribution < -0.4 is 5.73 Å². The Morgan fingerprint density at radius 2 is 2.05 bits per heavy atom. The van der Waals surface area contributed by atoms with Crippen LogP contribution in [0.5, 0.6) is 0 Å². The first kappa shape index (κ1) is 14.5. The monoisotopic (exact) mass is 309 g/mol. The average Bonchev–Trinajstić information content (AvgIpc) is 3.00. The van der Waals surface area contributed by atoms with Crippen molar-refractivity contribution in [3.8, 4) is 11.4 Å². The molecular weight excluding hydrogens is 293 g/mol. The van der Waals surface area contributed by atoms with Crippen LogP contribution in [0.1, 0.15) is 44.0 Å². The summed E-state index contributed by atoms with van der Waals surface area (Å²) >= 11 is 5.77. The lowest BCUT2D eigenvalue weighted by molar-refractivity contribution is 0.255. The van der Waals surface area contributed by atoms with Crippen LogP contribution >= 0.6 is 11.6 Å².